The third kappa shape index (κ3) is 3.61. The van der Waals surface area contributed by atoms with E-state index >= 15 is 0 Å². The molecule has 0 radical (unpaired) electrons. The van der Waals surface area contributed by atoms with Crippen molar-refractivity contribution in [2.24, 2.45) is 7.05 Å². The maximum atomic E-state index is 12.9. The molecule has 0 unspecified atom stereocenters. The topological polar surface area (TPSA) is 98.3 Å². The molecule has 4 aromatic rings. The Morgan fingerprint density at radius 2 is 1.90 bits per heavy atom. The number of hydrogen-bond donors (Lipinski definition) is 0. The van der Waals surface area contributed by atoms with Gasteiger partial charge in [-0.1, -0.05) is 46.3 Å². The van der Waals surface area contributed by atoms with Gasteiger partial charge in [0.05, 0.1) is 21.7 Å². The van der Waals surface area contributed by atoms with Gasteiger partial charge in [-0.05, 0) is 25.1 Å². The van der Waals surface area contributed by atoms with Gasteiger partial charge in [0.15, 0.2) is 0 Å². The number of aromatic nitrogens is 3. The van der Waals surface area contributed by atoms with E-state index in [1.54, 1.807) is 13.1 Å². The fourth-order valence-electron chi connectivity index (χ4n) is 2.87. The highest BCUT2D eigenvalue weighted by atomic mass is 32.2. The largest absolute Gasteiger partial charge is 0.338 e. The molecule has 0 aliphatic rings. The van der Waals surface area contributed by atoms with Gasteiger partial charge in [0, 0.05) is 19.7 Å². The second kappa shape index (κ2) is 7.21. The zero-order valence-corrected chi connectivity index (χ0v) is 17.6. The number of benzene rings is 2. The first-order valence-corrected chi connectivity index (χ1v) is 11.0. The molecule has 4 rings (SSSR count). The second-order valence-electron chi connectivity index (χ2n) is 6.70. The summed E-state index contributed by atoms with van der Waals surface area (Å²) in [6.07, 6.45) is 0. The van der Waals surface area contributed by atoms with E-state index in [4.69, 9.17) is 4.52 Å². The normalized spacial score (nSPS) is 12.1. The summed E-state index contributed by atoms with van der Waals surface area (Å²) in [7, 11) is -0.690. The highest BCUT2D eigenvalue weighted by molar-refractivity contribution is 7.89. The molecule has 10 heteroatoms. The second-order valence-corrected chi connectivity index (χ2v) is 9.73. The molecule has 2 aromatic carbocycles. The third-order valence-corrected chi connectivity index (χ3v) is 7.40. The zero-order valence-electron chi connectivity index (χ0n) is 16.0. The Morgan fingerprint density at radius 1 is 1.17 bits per heavy atom. The fourth-order valence-corrected chi connectivity index (χ4v) is 5.01. The molecule has 0 spiro atoms. The summed E-state index contributed by atoms with van der Waals surface area (Å²) in [5.74, 6) is 0.596. The van der Waals surface area contributed by atoms with E-state index in [1.807, 2.05) is 31.2 Å². The fraction of sp³-hybridized carbons (Fsp3) is 0.211. The minimum absolute atomic E-state index is 0.0652. The summed E-state index contributed by atoms with van der Waals surface area (Å²) >= 11 is 1.01. The molecular weight excluding hydrogens is 412 g/mol. The van der Waals surface area contributed by atoms with Gasteiger partial charge in [0.2, 0.25) is 21.7 Å². The molecule has 0 fully saturated rings. The Bertz CT molecular complexity index is 1350. The average Bonchev–Trinajstić information content (AvgIpc) is 3.26. The maximum Gasteiger partial charge on any atom is 0.307 e. The lowest BCUT2D eigenvalue weighted by atomic mass is 10.1. The molecule has 0 saturated heterocycles. The van der Waals surface area contributed by atoms with Crippen LogP contribution in [-0.2, 0) is 23.6 Å². The Kier molecular flexibility index (Phi) is 4.85. The van der Waals surface area contributed by atoms with Crippen LogP contribution in [0.3, 0.4) is 0 Å². The first-order valence-electron chi connectivity index (χ1n) is 8.71. The first kappa shape index (κ1) is 19.5. The number of fused-ring (bicyclic) bond motifs is 1. The van der Waals surface area contributed by atoms with Crippen LogP contribution in [0.4, 0.5) is 0 Å². The minimum Gasteiger partial charge on any atom is -0.338 e. The molecular formula is C19H18N4O4S2. The molecule has 0 amide bonds. The summed E-state index contributed by atoms with van der Waals surface area (Å²) in [4.78, 5) is 16.1. The number of sulfonamides is 1. The molecule has 150 valence electrons. The van der Waals surface area contributed by atoms with Gasteiger partial charge in [-0.15, -0.1) is 0 Å². The lowest BCUT2D eigenvalue weighted by Crippen LogP contribution is -2.26. The Morgan fingerprint density at radius 3 is 2.62 bits per heavy atom. The Hall–Kier alpha value is -2.82. The lowest BCUT2D eigenvalue weighted by Gasteiger charge is -2.15. The van der Waals surface area contributed by atoms with Crippen molar-refractivity contribution < 1.29 is 12.9 Å². The molecule has 0 saturated carbocycles. The number of thiazole rings is 1. The third-order valence-electron chi connectivity index (χ3n) is 4.61. The Labute approximate surface area is 171 Å². The summed E-state index contributed by atoms with van der Waals surface area (Å²) in [5, 5.41) is 3.93. The number of hydrogen-bond acceptors (Lipinski definition) is 7. The maximum absolute atomic E-state index is 12.9. The van der Waals surface area contributed by atoms with Crippen molar-refractivity contribution in [2.45, 2.75) is 18.4 Å². The van der Waals surface area contributed by atoms with Gasteiger partial charge in [0.1, 0.15) is 0 Å². The van der Waals surface area contributed by atoms with Crippen LogP contribution >= 0.6 is 11.3 Å². The van der Waals surface area contributed by atoms with Crippen molar-refractivity contribution in [3.8, 4) is 11.4 Å². The predicted molar refractivity (Wildman–Crippen MR) is 110 cm³/mol. The molecule has 0 N–H and O–H groups in total. The van der Waals surface area contributed by atoms with Crippen LogP contribution < -0.4 is 4.87 Å². The first-order chi connectivity index (χ1) is 13.8. The van der Waals surface area contributed by atoms with Crippen molar-refractivity contribution in [1.29, 1.82) is 0 Å². The van der Waals surface area contributed by atoms with Crippen LogP contribution in [0.25, 0.3) is 21.6 Å². The van der Waals surface area contributed by atoms with E-state index in [0.717, 1.165) is 26.8 Å². The molecule has 29 heavy (non-hydrogen) atoms. The zero-order chi connectivity index (χ0) is 20.8. The summed E-state index contributed by atoms with van der Waals surface area (Å²) in [5.41, 5.74) is 2.60. The minimum atomic E-state index is -3.79. The summed E-state index contributed by atoms with van der Waals surface area (Å²) < 4.78 is 34.4. The van der Waals surface area contributed by atoms with E-state index in [-0.39, 0.29) is 22.2 Å². The van der Waals surface area contributed by atoms with Gasteiger partial charge in [-0.3, -0.25) is 4.79 Å². The van der Waals surface area contributed by atoms with Crippen LogP contribution in [-0.4, -0.2) is 34.5 Å². The predicted octanol–water partition coefficient (Wildman–Crippen LogP) is 2.78. The average molecular weight is 431 g/mol. The summed E-state index contributed by atoms with van der Waals surface area (Å²) in [6.45, 7) is 1.92. The molecule has 0 bridgehead atoms. The highest BCUT2D eigenvalue weighted by Gasteiger charge is 2.24. The monoisotopic (exact) mass is 430 g/mol. The van der Waals surface area contributed by atoms with Crippen molar-refractivity contribution in [2.75, 3.05) is 7.05 Å². The smallest absolute Gasteiger partial charge is 0.307 e. The van der Waals surface area contributed by atoms with Crippen LogP contribution in [0.2, 0.25) is 0 Å². The Balaban J connectivity index is 1.58. The van der Waals surface area contributed by atoms with Crippen LogP contribution in [0.5, 0.6) is 0 Å². The van der Waals surface area contributed by atoms with Crippen LogP contribution in [0, 0.1) is 6.92 Å². The quantitative estimate of drug-likeness (QED) is 0.483. The van der Waals surface area contributed by atoms with Gasteiger partial charge < -0.3 is 9.09 Å². The number of aryl methyl sites for hydroxylation is 2. The molecule has 0 aliphatic heterocycles. The SMILES string of the molecule is Cc1ccc(-c2noc(CN(C)S(=O)(=O)c3ccc4c(c3)sc(=O)n4C)n2)cc1. The molecule has 0 aliphatic carbocycles. The van der Waals surface area contributed by atoms with Gasteiger partial charge >= 0.3 is 4.87 Å². The van der Waals surface area contributed by atoms with Crippen LogP contribution in [0.15, 0.2) is 56.7 Å². The molecule has 2 aromatic heterocycles. The van der Waals surface area contributed by atoms with Gasteiger partial charge in [0.25, 0.3) is 0 Å². The molecule has 2 heterocycles. The van der Waals surface area contributed by atoms with E-state index in [0.29, 0.717) is 16.0 Å². The van der Waals surface area contributed by atoms with Crippen molar-refractivity contribution in [3.63, 3.8) is 0 Å². The van der Waals surface area contributed by atoms with E-state index in [9.17, 15) is 13.2 Å². The van der Waals surface area contributed by atoms with Crippen molar-refractivity contribution in [1.82, 2.24) is 19.0 Å². The molecule has 8 nitrogen and oxygen atoms in total. The van der Waals surface area contributed by atoms with Crippen molar-refractivity contribution in [3.05, 3.63) is 63.6 Å². The van der Waals surface area contributed by atoms with E-state index in [1.165, 1.54) is 23.7 Å². The number of rotatable bonds is 5. The lowest BCUT2D eigenvalue weighted by molar-refractivity contribution is 0.337. The van der Waals surface area contributed by atoms with Crippen molar-refractivity contribution >= 4 is 31.6 Å². The highest BCUT2D eigenvalue weighted by Crippen LogP contribution is 2.24. The van der Waals surface area contributed by atoms with Gasteiger partial charge in [-0.25, -0.2) is 8.42 Å². The summed E-state index contributed by atoms with van der Waals surface area (Å²) in [6, 6.07) is 12.3. The van der Waals surface area contributed by atoms with E-state index < -0.39 is 10.0 Å². The number of nitrogens with zero attached hydrogens (tertiary/aromatic N) is 4. The van der Waals surface area contributed by atoms with E-state index in [2.05, 4.69) is 10.1 Å². The molecule has 0 atom stereocenters. The van der Waals surface area contributed by atoms with Gasteiger partial charge in [-0.2, -0.15) is 9.29 Å². The standard InChI is InChI=1S/C19H18N4O4S2/c1-12-4-6-13(7-5-12)18-20-17(27-21-18)11-22(2)29(25,26)14-8-9-15-16(10-14)28-19(24)23(15)3/h4-10H,11H2,1-3H3. The van der Waals surface area contributed by atoms with Crippen LogP contribution in [0.1, 0.15) is 11.5 Å².